The maximum absolute atomic E-state index is 12.9. The van der Waals surface area contributed by atoms with Gasteiger partial charge in [-0.2, -0.15) is 0 Å². The Hall–Kier alpha value is -3.61. The van der Waals surface area contributed by atoms with Crippen molar-refractivity contribution in [1.29, 1.82) is 0 Å². The molecule has 2 aromatic carbocycles. The molecular weight excluding hydrogens is 392 g/mol. The van der Waals surface area contributed by atoms with Gasteiger partial charge in [-0.1, -0.05) is 48.9 Å². The molecular formula is C24H24N4O3. The zero-order valence-electron chi connectivity index (χ0n) is 17.5. The Kier molecular flexibility index (Phi) is 4.73. The zero-order chi connectivity index (χ0) is 21.5. The van der Waals surface area contributed by atoms with Crippen molar-refractivity contribution in [3.63, 3.8) is 0 Å². The number of aromatic nitrogens is 3. The van der Waals surface area contributed by atoms with Gasteiger partial charge >= 0.3 is 0 Å². The van der Waals surface area contributed by atoms with Crippen molar-refractivity contribution >= 4 is 17.0 Å². The Balaban J connectivity index is 1.63. The molecule has 2 aromatic heterocycles. The van der Waals surface area contributed by atoms with Crippen molar-refractivity contribution in [2.75, 3.05) is 11.9 Å². The quantitative estimate of drug-likeness (QED) is 0.523. The van der Waals surface area contributed by atoms with Crippen LogP contribution in [0.2, 0.25) is 0 Å². The van der Waals surface area contributed by atoms with E-state index < -0.39 is 11.3 Å². The molecule has 0 spiro atoms. The van der Waals surface area contributed by atoms with Crippen LogP contribution in [0.1, 0.15) is 30.9 Å². The van der Waals surface area contributed by atoms with Crippen LogP contribution in [0.15, 0.2) is 63.8 Å². The summed E-state index contributed by atoms with van der Waals surface area (Å²) >= 11 is 0. The van der Waals surface area contributed by atoms with Crippen molar-refractivity contribution < 1.29 is 9.52 Å². The molecule has 1 aliphatic carbocycles. The highest BCUT2D eigenvalue weighted by Crippen LogP contribution is 2.42. The van der Waals surface area contributed by atoms with Gasteiger partial charge in [0.15, 0.2) is 11.3 Å². The molecule has 5 rings (SSSR count). The second kappa shape index (κ2) is 7.58. The SMILES string of the molecule is CN(c1nc(-c2nc3ccccc3o2)c(O)c(=O)n1C)C(c1ccccc1)C1CCC1. The van der Waals surface area contributed by atoms with Crippen LogP contribution in [0.3, 0.4) is 0 Å². The second-order valence-corrected chi connectivity index (χ2v) is 8.12. The Morgan fingerprint density at radius 3 is 2.48 bits per heavy atom. The van der Waals surface area contributed by atoms with Gasteiger partial charge in [0.25, 0.3) is 11.4 Å². The third-order valence-corrected chi connectivity index (χ3v) is 6.21. The van der Waals surface area contributed by atoms with E-state index in [1.54, 1.807) is 13.1 Å². The van der Waals surface area contributed by atoms with Gasteiger partial charge in [-0.05, 0) is 36.5 Å². The molecule has 0 radical (unpaired) electrons. The Bertz CT molecular complexity index is 1260. The number of oxazole rings is 1. The number of fused-ring (bicyclic) bond motifs is 1. The molecule has 1 fully saturated rings. The molecule has 1 aliphatic rings. The summed E-state index contributed by atoms with van der Waals surface area (Å²) in [6.45, 7) is 0. The first-order valence-corrected chi connectivity index (χ1v) is 10.5. The van der Waals surface area contributed by atoms with Crippen molar-refractivity contribution in [2.45, 2.75) is 25.3 Å². The molecule has 7 heteroatoms. The van der Waals surface area contributed by atoms with Crippen LogP contribution in [0, 0.1) is 5.92 Å². The van der Waals surface area contributed by atoms with E-state index in [2.05, 4.69) is 22.1 Å². The number of aromatic hydroxyl groups is 1. The highest BCUT2D eigenvalue weighted by Gasteiger charge is 2.34. The zero-order valence-corrected chi connectivity index (χ0v) is 17.5. The summed E-state index contributed by atoms with van der Waals surface area (Å²) in [5.74, 6) is 0.601. The van der Waals surface area contributed by atoms with Crippen molar-refractivity contribution in [2.24, 2.45) is 13.0 Å². The first-order valence-electron chi connectivity index (χ1n) is 10.5. The molecule has 0 amide bonds. The second-order valence-electron chi connectivity index (χ2n) is 8.12. The van der Waals surface area contributed by atoms with Gasteiger partial charge in [-0.3, -0.25) is 9.36 Å². The maximum Gasteiger partial charge on any atom is 0.297 e. The van der Waals surface area contributed by atoms with Crippen LogP contribution in [0.25, 0.3) is 22.7 Å². The summed E-state index contributed by atoms with van der Waals surface area (Å²) in [6, 6.07) is 17.7. The lowest BCUT2D eigenvalue weighted by Crippen LogP contribution is -2.37. The lowest BCUT2D eigenvalue weighted by atomic mass is 9.76. The van der Waals surface area contributed by atoms with E-state index in [1.807, 2.05) is 48.3 Å². The van der Waals surface area contributed by atoms with Crippen LogP contribution in [-0.4, -0.2) is 26.7 Å². The first kappa shape index (κ1) is 19.4. The summed E-state index contributed by atoms with van der Waals surface area (Å²) in [6.07, 6.45) is 3.47. The number of hydrogen-bond acceptors (Lipinski definition) is 6. The van der Waals surface area contributed by atoms with Gasteiger partial charge < -0.3 is 14.4 Å². The predicted octanol–water partition coefficient (Wildman–Crippen LogP) is 4.27. The molecule has 1 atom stereocenters. The summed E-state index contributed by atoms with van der Waals surface area (Å²) < 4.78 is 7.17. The van der Waals surface area contributed by atoms with Crippen LogP contribution >= 0.6 is 0 Å². The van der Waals surface area contributed by atoms with Gasteiger partial charge in [-0.25, -0.2) is 9.97 Å². The van der Waals surface area contributed by atoms with Crippen LogP contribution in [-0.2, 0) is 7.05 Å². The molecule has 1 unspecified atom stereocenters. The predicted molar refractivity (Wildman–Crippen MR) is 119 cm³/mol. The molecule has 4 aromatic rings. The molecule has 7 nitrogen and oxygen atoms in total. The van der Waals surface area contributed by atoms with E-state index in [-0.39, 0.29) is 17.6 Å². The molecule has 1 saturated carbocycles. The Labute approximate surface area is 179 Å². The van der Waals surface area contributed by atoms with Crippen LogP contribution < -0.4 is 10.5 Å². The molecule has 2 heterocycles. The van der Waals surface area contributed by atoms with E-state index >= 15 is 0 Å². The number of benzene rings is 2. The summed E-state index contributed by atoms with van der Waals surface area (Å²) in [7, 11) is 3.57. The largest absolute Gasteiger partial charge is 0.501 e. The van der Waals surface area contributed by atoms with Crippen molar-refractivity contribution in [3.8, 4) is 17.3 Å². The van der Waals surface area contributed by atoms with Crippen LogP contribution in [0.4, 0.5) is 5.95 Å². The molecule has 31 heavy (non-hydrogen) atoms. The van der Waals surface area contributed by atoms with E-state index in [0.29, 0.717) is 23.0 Å². The fourth-order valence-electron chi connectivity index (χ4n) is 4.36. The first-order chi connectivity index (χ1) is 15.0. The summed E-state index contributed by atoms with van der Waals surface area (Å²) in [5.41, 5.74) is 1.92. The van der Waals surface area contributed by atoms with E-state index in [9.17, 15) is 9.90 Å². The van der Waals surface area contributed by atoms with Gasteiger partial charge in [0.05, 0.1) is 6.04 Å². The fourth-order valence-corrected chi connectivity index (χ4v) is 4.36. The molecule has 0 saturated heterocycles. The number of hydrogen-bond donors (Lipinski definition) is 1. The monoisotopic (exact) mass is 416 g/mol. The maximum atomic E-state index is 12.9. The van der Waals surface area contributed by atoms with E-state index in [4.69, 9.17) is 4.42 Å². The minimum atomic E-state index is -0.533. The molecule has 158 valence electrons. The van der Waals surface area contributed by atoms with Gasteiger partial charge in [0.1, 0.15) is 5.52 Å². The highest BCUT2D eigenvalue weighted by atomic mass is 16.4. The molecule has 0 aliphatic heterocycles. The normalized spacial score (nSPS) is 15.0. The third kappa shape index (κ3) is 3.26. The lowest BCUT2D eigenvalue weighted by molar-refractivity contribution is 0.256. The number of nitrogens with zero attached hydrogens (tertiary/aromatic N) is 4. The standard InChI is InChI=1S/C24H24N4O3/c1-27(20(16-11-8-12-16)15-9-4-3-5-10-15)24-26-19(21(29)23(30)28(24)2)22-25-17-13-6-7-14-18(17)31-22/h3-7,9-10,13-14,16,20,29H,8,11-12H2,1-2H3. The average Bonchev–Trinajstić information content (AvgIpc) is 3.19. The van der Waals surface area contributed by atoms with E-state index in [0.717, 1.165) is 12.8 Å². The van der Waals surface area contributed by atoms with Crippen molar-refractivity contribution in [3.05, 3.63) is 70.5 Å². The van der Waals surface area contributed by atoms with Gasteiger partial charge in [0.2, 0.25) is 11.7 Å². The topological polar surface area (TPSA) is 84.4 Å². The van der Waals surface area contributed by atoms with Gasteiger partial charge in [-0.15, -0.1) is 0 Å². The van der Waals surface area contributed by atoms with E-state index in [1.165, 1.54) is 16.6 Å². The van der Waals surface area contributed by atoms with Crippen molar-refractivity contribution in [1.82, 2.24) is 14.5 Å². The molecule has 0 bridgehead atoms. The lowest BCUT2D eigenvalue weighted by Gasteiger charge is -2.40. The summed E-state index contributed by atoms with van der Waals surface area (Å²) in [4.78, 5) is 24.0. The third-order valence-electron chi connectivity index (χ3n) is 6.21. The Morgan fingerprint density at radius 1 is 1.10 bits per heavy atom. The van der Waals surface area contributed by atoms with Crippen LogP contribution in [0.5, 0.6) is 5.75 Å². The minimum Gasteiger partial charge on any atom is -0.501 e. The average molecular weight is 416 g/mol. The summed E-state index contributed by atoms with van der Waals surface area (Å²) in [5, 5.41) is 10.6. The smallest absolute Gasteiger partial charge is 0.297 e. The minimum absolute atomic E-state index is 0.0570. The number of anilines is 1. The fraction of sp³-hybridized carbons (Fsp3) is 0.292. The van der Waals surface area contributed by atoms with Gasteiger partial charge in [0, 0.05) is 14.1 Å². The molecule has 1 N–H and O–H groups in total. The highest BCUT2D eigenvalue weighted by molar-refractivity contribution is 5.76. The Morgan fingerprint density at radius 2 is 1.81 bits per heavy atom. The number of rotatable bonds is 5. The number of para-hydroxylation sites is 2.